The van der Waals surface area contributed by atoms with E-state index in [1.165, 1.54) is 38.5 Å². The predicted octanol–water partition coefficient (Wildman–Crippen LogP) is 4.50. The third-order valence-electron chi connectivity index (χ3n) is 3.62. The van der Waals surface area contributed by atoms with Crippen molar-refractivity contribution in [1.82, 2.24) is 0 Å². The predicted molar refractivity (Wildman–Crippen MR) is 59.1 cm³/mol. The van der Waals surface area contributed by atoms with E-state index in [9.17, 15) is 0 Å². The molecule has 0 bridgehead atoms. The minimum atomic E-state index is -1.07. The molecule has 0 N–H and O–H groups in total. The molecule has 0 radical (unpaired) electrons. The average Bonchev–Trinajstić information content (AvgIpc) is 2.67. The summed E-state index contributed by atoms with van der Waals surface area (Å²) in [5.41, 5.74) is 1.80. The molecule has 77 valence electrons. The first-order valence-corrected chi connectivity index (χ1v) is 12.1. The molecule has 0 saturated heterocycles. The molecule has 1 fully saturated rings. The standard InChI is InChI=1S/C11H15.2CH3.Zr/c1-2-6-10(7-3-1)11-8-4-5-9-11;;;/h4,8,10H,1-3,5-7H2;2*1H3;. The van der Waals surface area contributed by atoms with Crippen LogP contribution in [0, 0.1) is 5.92 Å². The van der Waals surface area contributed by atoms with Crippen LogP contribution in [0.5, 0.6) is 0 Å². The summed E-state index contributed by atoms with van der Waals surface area (Å²) in [6.45, 7) is 0. The van der Waals surface area contributed by atoms with Crippen LogP contribution in [0.3, 0.4) is 0 Å². The molecule has 0 aromatic heterocycles. The van der Waals surface area contributed by atoms with Crippen molar-refractivity contribution in [3.05, 3.63) is 21.0 Å². The van der Waals surface area contributed by atoms with Crippen LogP contribution in [0.15, 0.2) is 21.0 Å². The van der Waals surface area contributed by atoms with Gasteiger partial charge in [-0.15, -0.1) is 0 Å². The van der Waals surface area contributed by atoms with Gasteiger partial charge in [-0.1, -0.05) is 0 Å². The second-order valence-electron chi connectivity index (χ2n) is 4.88. The normalized spacial score (nSPS) is 23.3. The summed E-state index contributed by atoms with van der Waals surface area (Å²) in [6.07, 6.45) is 13.5. The van der Waals surface area contributed by atoms with Gasteiger partial charge < -0.3 is 0 Å². The Hall–Kier alpha value is 0.363. The van der Waals surface area contributed by atoms with Crippen molar-refractivity contribution in [3.8, 4) is 0 Å². The first-order chi connectivity index (χ1) is 6.79. The second-order valence-corrected chi connectivity index (χ2v) is 11.3. The van der Waals surface area contributed by atoms with E-state index in [0.717, 1.165) is 5.92 Å². The maximum absolute atomic E-state index is 2.54. The Morgan fingerprint density at radius 3 is 2.50 bits per heavy atom. The molecule has 0 nitrogen and oxygen atoms in total. The van der Waals surface area contributed by atoms with E-state index in [0.29, 0.717) is 0 Å². The fraction of sp³-hybridized carbons (Fsp3) is 0.692. The Bertz CT molecular complexity index is 254. The van der Waals surface area contributed by atoms with Gasteiger partial charge in [-0.2, -0.15) is 0 Å². The summed E-state index contributed by atoms with van der Waals surface area (Å²) < 4.78 is 6.99. The summed E-state index contributed by atoms with van der Waals surface area (Å²) in [5, 5.41) is 0. The summed E-state index contributed by atoms with van der Waals surface area (Å²) in [7, 11) is 0. The van der Waals surface area contributed by atoms with E-state index in [1.54, 1.807) is 5.57 Å². The van der Waals surface area contributed by atoms with Crippen molar-refractivity contribution in [2.75, 3.05) is 0 Å². The number of hydrogen-bond acceptors (Lipinski definition) is 0. The summed E-state index contributed by atoms with van der Waals surface area (Å²) in [4.78, 5) is 0. The molecule has 1 saturated carbocycles. The molecule has 14 heavy (non-hydrogen) atoms. The molecule has 0 aromatic carbocycles. The van der Waals surface area contributed by atoms with Gasteiger partial charge in [0.25, 0.3) is 0 Å². The molecule has 0 aromatic rings. The monoisotopic (exact) mass is 267 g/mol. The summed E-state index contributed by atoms with van der Waals surface area (Å²) in [6, 6.07) is 0. The third-order valence-corrected chi connectivity index (χ3v) is 7.79. The van der Waals surface area contributed by atoms with Crippen molar-refractivity contribution >= 4 is 0 Å². The third kappa shape index (κ3) is 2.30. The quantitative estimate of drug-likeness (QED) is 0.692. The van der Waals surface area contributed by atoms with Crippen LogP contribution < -0.4 is 0 Å². The van der Waals surface area contributed by atoms with Gasteiger partial charge in [0.1, 0.15) is 0 Å². The van der Waals surface area contributed by atoms with Gasteiger partial charge >= 0.3 is 96.5 Å². The van der Waals surface area contributed by atoms with E-state index >= 15 is 0 Å². The fourth-order valence-electron chi connectivity index (χ4n) is 2.81. The molecule has 0 unspecified atom stereocenters. The van der Waals surface area contributed by atoms with Crippen molar-refractivity contribution in [2.24, 2.45) is 5.92 Å². The van der Waals surface area contributed by atoms with Crippen LogP contribution in [0.2, 0.25) is 9.26 Å². The summed E-state index contributed by atoms with van der Waals surface area (Å²) in [5.74, 6) is 0.952. The Labute approximate surface area is 96.1 Å². The molecule has 2 rings (SSSR count). The molecular weight excluding hydrogens is 247 g/mol. The van der Waals surface area contributed by atoms with Gasteiger partial charge in [-0.05, 0) is 0 Å². The van der Waals surface area contributed by atoms with Gasteiger partial charge in [-0.3, -0.25) is 0 Å². The first-order valence-electron chi connectivity index (χ1n) is 5.99. The zero-order chi connectivity index (χ0) is 9.97. The topological polar surface area (TPSA) is 0 Å². The van der Waals surface area contributed by atoms with E-state index in [-0.39, 0.29) is 0 Å². The molecule has 0 heterocycles. The summed E-state index contributed by atoms with van der Waals surface area (Å²) >= 11 is -1.07. The van der Waals surface area contributed by atoms with Gasteiger partial charge in [0.05, 0.1) is 0 Å². The van der Waals surface area contributed by atoms with Crippen LogP contribution in [0.25, 0.3) is 0 Å². The molecule has 0 atom stereocenters. The maximum atomic E-state index is 2.54. The first kappa shape index (κ1) is 10.9. The van der Waals surface area contributed by atoms with Crippen LogP contribution >= 0.6 is 0 Å². The zero-order valence-electron chi connectivity index (χ0n) is 9.47. The van der Waals surface area contributed by atoms with Crippen molar-refractivity contribution in [2.45, 2.75) is 47.8 Å². The molecule has 1 heteroatoms. The van der Waals surface area contributed by atoms with Gasteiger partial charge in [0, 0.05) is 0 Å². The van der Waals surface area contributed by atoms with Crippen molar-refractivity contribution in [3.63, 3.8) is 0 Å². The number of allylic oxidation sites excluding steroid dienone is 4. The van der Waals surface area contributed by atoms with Crippen LogP contribution in [0.4, 0.5) is 0 Å². The van der Waals surface area contributed by atoms with Gasteiger partial charge in [0.2, 0.25) is 0 Å². The van der Waals surface area contributed by atoms with Crippen LogP contribution in [0.1, 0.15) is 38.5 Å². The molecule has 2 aliphatic rings. The number of rotatable bonds is 2. The molecule has 0 spiro atoms. The van der Waals surface area contributed by atoms with E-state index in [4.69, 9.17) is 0 Å². The van der Waals surface area contributed by atoms with Gasteiger partial charge in [-0.25, -0.2) is 0 Å². The molecule has 2 aliphatic carbocycles. The Morgan fingerprint density at radius 1 is 1.14 bits per heavy atom. The van der Waals surface area contributed by atoms with Crippen molar-refractivity contribution < 1.29 is 21.8 Å². The van der Waals surface area contributed by atoms with Crippen molar-refractivity contribution in [1.29, 1.82) is 0 Å². The number of hydrogen-bond donors (Lipinski definition) is 0. The van der Waals surface area contributed by atoms with Crippen LogP contribution in [-0.4, -0.2) is 0 Å². The average molecular weight is 269 g/mol. The minimum absolute atomic E-state index is 0.952. The van der Waals surface area contributed by atoms with E-state index in [2.05, 4.69) is 21.4 Å². The SMILES string of the molecule is [CH3][Zr]([CH3])[C]1=C(C2CCCCC2)C=CC1. The Balaban J connectivity index is 2.13. The molecule has 0 amide bonds. The van der Waals surface area contributed by atoms with Crippen LogP contribution in [-0.2, 0) is 21.8 Å². The van der Waals surface area contributed by atoms with Gasteiger partial charge in [0.15, 0.2) is 0 Å². The Morgan fingerprint density at radius 2 is 1.86 bits per heavy atom. The molecular formula is C13H21Zr. The molecule has 0 aliphatic heterocycles. The van der Waals surface area contributed by atoms with E-state index < -0.39 is 21.8 Å². The fourth-order valence-corrected chi connectivity index (χ4v) is 6.23. The van der Waals surface area contributed by atoms with E-state index in [1.807, 2.05) is 3.28 Å². The Kier molecular flexibility index (Phi) is 3.82. The zero-order valence-corrected chi connectivity index (χ0v) is 11.9. The second kappa shape index (κ2) is 4.93.